The smallest absolute Gasteiger partial charge is 0.322 e. The van der Waals surface area contributed by atoms with Crippen molar-refractivity contribution in [3.8, 4) is 22.8 Å². The van der Waals surface area contributed by atoms with Gasteiger partial charge in [0.05, 0.1) is 17.5 Å². The van der Waals surface area contributed by atoms with Crippen LogP contribution >= 0.6 is 0 Å². The lowest BCUT2D eigenvalue weighted by Gasteiger charge is -2.13. The van der Waals surface area contributed by atoms with Crippen LogP contribution in [0.15, 0.2) is 64.0 Å². The van der Waals surface area contributed by atoms with E-state index < -0.39 is 34.4 Å². The van der Waals surface area contributed by atoms with Gasteiger partial charge in [-0.25, -0.2) is 13.4 Å². The lowest BCUT2D eigenvalue weighted by Crippen LogP contribution is -2.42. The summed E-state index contributed by atoms with van der Waals surface area (Å²) in [4.78, 5) is 27.9. The number of carbonyl (C=O) groups is 2. The Hall–Kier alpha value is -3.70. The summed E-state index contributed by atoms with van der Waals surface area (Å²) in [5.74, 6) is -2.20. The molecule has 0 aliphatic rings. The molecule has 2 aromatic carbocycles. The van der Waals surface area contributed by atoms with Crippen LogP contribution in [0.5, 0.6) is 0 Å². The minimum absolute atomic E-state index is 0.219. The fourth-order valence-electron chi connectivity index (χ4n) is 2.85. The number of nitrogens with zero attached hydrogens (tertiary/aromatic N) is 2. The molecule has 1 unspecified atom stereocenters. The van der Waals surface area contributed by atoms with Crippen LogP contribution in [0.2, 0.25) is 0 Å². The van der Waals surface area contributed by atoms with E-state index in [1.165, 1.54) is 24.3 Å². The van der Waals surface area contributed by atoms with E-state index in [9.17, 15) is 18.0 Å². The molecule has 1 aromatic heterocycles. The topological polar surface area (TPSA) is 150 Å². The number of anilines is 1. The highest BCUT2D eigenvalue weighted by Crippen LogP contribution is 2.28. The van der Waals surface area contributed by atoms with Crippen molar-refractivity contribution >= 4 is 27.6 Å². The van der Waals surface area contributed by atoms with Gasteiger partial charge in [-0.15, -0.1) is 0 Å². The maximum absolute atomic E-state index is 12.4. The predicted octanol–water partition coefficient (Wildman–Crippen LogP) is 2.28. The number of hydrogen-bond donors (Lipinski definition) is 3. The molecule has 0 spiro atoms. The maximum atomic E-state index is 12.4. The second kappa shape index (κ2) is 9.20. The van der Waals surface area contributed by atoms with Crippen molar-refractivity contribution in [2.24, 2.45) is 0 Å². The monoisotopic (exact) mass is 459 g/mol. The van der Waals surface area contributed by atoms with Gasteiger partial charge < -0.3 is 19.5 Å². The first-order valence-corrected chi connectivity index (χ1v) is 10.9. The molecule has 168 valence electrons. The largest absolute Gasteiger partial charge is 0.481 e. The SMILES string of the molecule is CN(C)c1ccc(-c2cnc(-c3ccc(S(=O)(=O)NC(CC(=O)O)C(=O)O)cc3)o2)cc1. The highest BCUT2D eigenvalue weighted by Gasteiger charge is 2.27. The van der Waals surface area contributed by atoms with Crippen LogP contribution < -0.4 is 9.62 Å². The Balaban J connectivity index is 1.78. The van der Waals surface area contributed by atoms with Crippen molar-refractivity contribution in [2.75, 3.05) is 19.0 Å². The normalized spacial score (nSPS) is 12.3. The minimum Gasteiger partial charge on any atom is -0.481 e. The van der Waals surface area contributed by atoms with Gasteiger partial charge in [0, 0.05) is 30.9 Å². The van der Waals surface area contributed by atoms with Crippen LogP contribution in [0.25, 0.3) is 22.8 Å². The summed E-state index contributed by atoms with van der Waals surface area (Å²) >= 11 is 0. The molecular weight excluding hydrogens is 438 g/mol. The van der Waals surface area contributed by atoms with Crippen molar-refractivity contribution < 1.29 is 32.6 Å². The lowest BCUT2D eigenvalue weighted by molar-refractivity contribution is -0.145. The molecule has 0 amide bonds. The zero-order chi connectivity index (χ0) is 23.5. The average molecular weight is 459 g/mol. The molecule has 11 heteroatoms. The molecule has 10 nitrogen and oxygen atoms in total. The van der Waals surface area contributed by atoms with Crippen molar-refractivity contribution in [1.29, 1.82) is 0 Å². The van der Waals surface area contributed by atoms with Gasteiger partial charge in [-0.1, -0.05) is 0 Å². The molecule has 32 heavy (non-hydrogen) atoms. The highest BCUT2D eigenvalue weighted by molar-refractivity contribution is 7.89. The molecule has 0 fully saturated rings. The predicted molar refractivity (Wildman–Crippen MR) is 116 cm³/mol. The number of carboxylic acid groups (broad SMARTS) is 2. The molecule has 0 saturated heterocycles. The van der Waals surface area contributed by atoms with Crippen LogP contribution in [0.3, 0.4) is 0 Å². The fraction of sp³-hybridized carbons (Fsp3) is 0.190. The molecule has 3 aromatic rings. The quantitative estimate of drug-likeness (QED) is 0.438. The number of sulfonamides is 1. The van der Waals surface area contributed by atoms with Gasteiger partial charge in [0.2, 0.25) is 15.9 Å². The van der Waals surface area contributed by atoms with Crippen LogP contribution in [0, 0.1) is 0 Å². The standard InChI is InChI=1S/C21H21N3O7S/c1-24(2)15-7-3-13(4-8-15)18-12-22-20(31-18)14-5-9-16(10-6-14)32(29,30)23-17(21(27)28)11-19(25)26/h3-10,12,17,23H,11H2,1-2H3,(H,25,26)(H,27,28). The number of benzene rings is 2. The van der Waals surface area contributed by atoms with Gasteiger partial charge >= 0.3 is 11.9 Å². The zero-order valence-corrected chi connectivity index (χ0v) is 18.0. The van der Waals surface area contributed by atoms with E-state index in [4.69, 9.17) is 14.6 Å². The zero-order valence-electron chi connectivity index (χ0n) is 17.2. The summed E-state index contributed by atoms with van der Waals surface area (Å²) in [7, 11) is -0.368. The number of rotatable bonds is 9. The third-order valence-corrected chi connectivity index (χ3v) is 6.05. The maximum Gasteiger partial charge on any atom is 0.322 e. The molecule has 0 radical (unpaired) electrons. The Morgan fingerprint density at radius 2 is 1.62 bits per heavy atom. The van der Waals surface area contributed by atoms with E-state index >= 15 is 0 Å². The van der Waals surface area contributed by atoms with Gasteiger partial charge in [0.25, 0.3) is 0 Å². The van der Waals surface area contributed by atoms with E-state index in [2.05, 4.69) is 4.98 Å². The molecule has 1 heterocycles. The second-order valence-corrected chi connectivity index (χ2v) is 8.82. The van der Waals surface area contributed by atoms with Crippen molar-refractivity contribution in [2.45, 2.75) is 17.4 Å². The lowest BCUT2D eigenvalue weighted by atomic mass is 10.1. The summed E-state index contributed by atoms with van der Waals surface area (Å²) in [6.45, 7) is 0. The van der Waals surface area contributed by atoms with Crippen molar-refractivity contribution in [3.63, 3.8) is 0 Å². The first kappa shape index (κ1) is 23.0. The number of oxazole rings is 1. The first-order chi connectivity index (χ1) is 15.1. The number of aliphatic carboxylic acids is 2. The van der Waals surface area contributed by atoms with Crippen molar-refractivity contribution in [1.82, 2.24) is 9.71 Å². The Bertz CT molecular complexity index is 1220. The van der Waals surface area contributed by atoms with Crippen LogP contribution in [0.1, 0.15) is 6.42 Å². The van der Waals surface area contributed by atoms with Crippen LogP contribution in [-0.2, 0) is 19.6 Å². The number of aromatic nitrogens is 1. The highest BCUT2D eigenvalue weighted by atomic mass is 32.2. The fourth-order valence-corrected chi connectivity index (χ4v) is 4.04. The minimum atomic E-state index is -4.25. The third kappa shape index (κ3) is 5.31. The summed E-state index contributed by atoms with van der Waals surface area (Å²) < 4.78 is 32.5. The first-order valence-electron chi connectivity index (χ1n) is 9.38. The third-order valence-electron chi connectivity index (χ3n) is 4.56. The van der Waals surface area contributed by atoms with E-state index in [0.717, 1.165) is 11.3 Å². The molecule has 0 aliphatic heterocycles. The number of nitrogens with one attached hydrogen (secondary N) is 1. The Labute approximate surface area is 184 Å². The molecule has 0 aliphatic carbocycles. The molecule has 0 bridgehead atoms. The summed E-state index contributed by atoms with van der Waals surface area (Å²) in [6.07, 6.45) is 0.677. The van der Waals surface area contributed by atoms with Crippen LogP contribution in [0.4, 0.5) is 5.69 Å². The Morgan fingerprint density at radius 3 is 2.16 bits per heavy atom. The molecule has 3 N–H and O–H groups in total. The summed E-state index contributed by atoms with van der Waals surface area (Å²) in [5.41, 5.74) is 2.38. The molecule has 3 rings (SSSR count). The Kier molecular flexibility index (Phi) is 6.61. The van der Waals surface area contributed by atoms with Gasteiger partial charge in [-0.05, 0) is 48.5 Å². The second-order valence-electron chi connectivity index (χ2n) is 7.11. The van der Waals surface area contributed by atoms with E-state index in [1.807, 2.05) is 48.0 Å². The van der Waals surface area contributed by atoms with Gasteiger partial charge in [0.15, 0.2) is 5.76 Å². The Morgan fingerprint density at radius 1 is 1.03 bits per heavy atom. The van der Waals surface area contributed by atoms with E-state index in [0.29, 0.717) is 11.3 Å². The van der Waals surface area contributed by atoms with Crippen LogP contribution in [-0.4, -0.2) is 55.7 Å². The number of carboxylic acids is 2. The van der Waals surface area contributed by atoms with E-state index in [1.54, 1.807) is 6.20 Å². The number of hydrogen-bond acceptors (Lipinski definition) is 7. The van der Waals surface area contributed by atoms with E-state index in [-0.39, 0.29) is 10.8 Å². The summed E-state index contributed by atoms with van der Waals surface area (Å²) in [5, 5.41) is 17.8. The molecule has 0 saturated carbocycles. The van der Waals surface area contributed by atoms with Crippen molar-refractivity contribution in [3.05, 3.63) is 54.7 Å². The van der Waals surface area contributed by atoms with Gasteiger partial charge in [0.1, 0.15) is 6.04 Å². The molecular formula is C21H21N3O7S. The summed E-state index contributed by atoms with van der Waals surface area (Å²) in [6, 6.07) is 11.3. The molecule has 1 atom stereocenters. The van der Waals surface area contributed by atoms with Gasteiger partial charge in [-0.3, -0.25) is 9.59 Å². The average Bonchev–Trinajstić information content (AvgIpc) is 3.23. The van der Waals surface area contributed by atoms with Gasteiger partial charge in [-0.2, -0.15) is 4.72 Å².